The molecule has 1 amide bonds. The molecule has 1 N–H and O–H groups in total. The smallest absolute Gasteiger partial charge is 0.253 e. The Kier molecular flexibility index (Phi) is 5.83. The van der Waals surface area contributed by atoms with Crippen LogP contribution in [0.3, 0.4) is 0 Å². The van der Waals surface area contributed by atoms with E-state index in [1.54, 1.807) is 0 Å². The first-order chi connectivity index (χ1) is 8.61. The van der Waals surface area contributed by atoms with Gasteiger partial charge in [-0.15, -0.1) is 12.4 Å². The van der Waals surface area contributed by atoms with Gasteiger partial charge in [0.25, 0.3) is 5.91 Å². The highest BCUT2D eigenvalue weighted by atomic mass is 35.5. The molecule has 4 heteroatoms. The van der Waals surface area contributed by atoms with Gasteiger partial charge in [-0.2, -0.15) is 0 Å². The number of nitrogens with one attached hydrogen (secondary N) is 1. The second-order valence-corrected chi connectivity index (χ2v) is 5.26. The van der Waals surface area contributed by atoms with Crippen molar-refractivity contribution < 1.29 is 4.79 Å². The van der Waals surface area contributed by atoms with E-state index in [9.17, 15) is 4.79 Å². The molecule has 0 spiro atoms. The summed E-state index contributed by atoms with van der Waals surface area (Å²) in [5, 5.41) is 3.19. The average molecular weight is 283 g/mol. The van der Waals surface area contributed by atoms with Crippen LogP contribution >= 0.6 is 12.4 Å². The van der Waals surface area contributed by atoms with Crippen LogP contribution in [0.2, 0.25) is 0 Å². The summed E-state index contributed by atoms with van der Waals surface area (Å²) in [6.07, 6.45) is 1.11. The quantitative estimate of drug-likeness (QED) is 0.923. The molecule has 1 unspecified atom stereocenters. The molecule has 0 saturated carbocycles. The first-order valence-electron chi connectivity index (χ1n) is 6.63. The van der Waals surface area contributed by atoms with E-state index in [2.05, 4.69) is 19.2 Å². The normalized spacial score (nSPS) is 18.3. The van der Waals surface area contributed by atoms with E-state index < -0.39 is 0 Å². The fourth-order valence-corrected chi connectivity index (χ4v) is 2.53. The number of benzene rings is 1. The SMILES string of the molecule is CNCC1CCN(C(=O)c2ccc(C)c(C)c2)C1.Cl. The van der Waals surface area contributed by atoms with Crippen LogP contribution in [0.1, 0.15) is 27.9 Å². The Hall–Kier alpha value is -1.06. The molecule has 106 valence electrons. The van der Waals surface area contributed by atoms with E-state index in [1.165, 1.54) is 11.1 Å². The lowest BCUT2D eigenvalue weighted by Crippen LogP contribution is -2.30. The van der Waals surface area contributed by atoms with Gasteiger partial charge in [-0.05, 0) is 63.0 Å². The number of hydrogen-bond donors (Lipinski definition) is 1. The van der Waals surface area contributed by atoms with E-state index >= 15 is 0 Å². The van der Waals surface area contributed by atoms with Crippen molar-refractivity contribution in [3.05, 3.63) is 34.9 Å². The summed E-state index contributed by atoms with van der Waals surface area (Å²) in [5.41, 5.74) is 3.25. The van der Waals surface area contributed by atoms with Crippen molar-refractivity contribution in [3.8, 4) is 0 Å². The van der Waals surface area contributed by atoms with Crippen molar-refractivity contribution in [2.75, 3.05) is 26.7 Å². The van der Waals surface area contributed by atoms with Crippen LogP contribution in [-0.4, -0.2) is 37.5 Å². The molecule has 0 radical (unpaired) electrons. The predicted molar refractivity (Wildman–Crippen MR) is 81.1 cm³/mol. The minimum atomic E-state index is 0. The number of likely N-dealkylation sites (tertiary alicyclic amines) is 1. The van der Waals surface area contributed by atoms with Gasteiger partial charge >= 0.3 is 0 Å². The summed E-state index contributed by atoms with van der Waals surface area (Å²) in [7, 11) is 1.97. The average Bonchev–Trinajstić information content (AvgIpc) is 2.81. The molecule has 3 nitrogen and oxygen atoms in total. The van der Waals surface area contributed by atoms with Gasteiger partial charge in [0.05, 0.1) is 0 Å². The molecule has 0 aromatic heterocycles. The molecule has 0 aliphatic carbocycles. The van der Waals surface area contributed by atoms with Crippen LogP contribution in [0.5, 0.6) is 0 Å². The molecule has 1 aromatic carbocycles. The van der Waals surface area contributed by atoms with Crippen molar-refractivity contribution in [1.82, 2.24) is 10.2 Å². The van der Waals surface area contributed by atoms with E-state index in [-0.39, 0.29) is 18.3 Å². The summed E-state index contributed by atoms with van der Waals surface area (Å²) in [4.78, 5) is 14.3. The maximum Gasteiger partial charge on any atom is 0.253 e. The second-order valence-electron chi connectivity index (χ2n) is 5.26. The maximum atomic E-state index is 12.4. The van der Waals surface area contributed by atoms with Crippen LogP contribution in [0.25, 0.3) is 0 Å². The standard InChI is InChI=1S/C15H22N2O.ClH/c1-11-4-5-14(8-12(11)2)15(18)17-7-6-13(10-17)9-16-3;/h4-5,8,13,16H,6-7,9-10H2,1-3H3;1H. The highest BCUT2D eigenvalue weighted by Crippen LogP contribution is 2.19. The summed E-state index contributed by atoms with van der Waals surface area (Å²) in [5.74, 6) is 0.780. The molecule has 1 atom stereocenters. The number of amides is 1. The minimum absolute atomic E-state index is 0. The Morgan fingerprint density at radius 1 is 1.37 bits per heavy atom. The van der Waals surface area contributed by atoms with E-state index in [1.807, 2.05) is 30.1 Å². The molecule has 1 aliphatic heterocycles. The van der Waals surface area contributed by atoms with Crippen LogP contribution in [-0.2, 0) is 0 Å². The van der Waals surface area contributed by atoms with Crippen molar-refractivity contribution >= 4 is 18.3 Å². The predicted octanol–water partition coefficient (Wildman–Crippen LogP) is 2.41. The van der Waals surface area contributed by atoms with Gasteiger partial charge in [0.1, 0.15) is 0 Å². The van der Waals surface area contributed by atoms with Gasteiger partial charge < -0.3 is 10.2 Å². The van der Waals surface area contributed by atoms with Crippen LogP contribution in [0.4, 0.5) is 0 Å². The van der Waals surface area contributed by atoms with Crippen molar-refractivity contribution in [1.29, 1.82) is 0 Å². The number of rotatable bonds is 3. The van der Waals surface area contributed by atoms with Gasteiger partial charge in [0.15, 0.2) is 0 Å². The van der Waals surface area contributed by atoms with Gasteiger partial charge in [-0.1, -0.05) is 6.07 Å². The Labute approximate surface area is 121 Å². The van der Waals surface area contributed by atoms with Gasteiger partial charge in [0.2, 0.25) is 0 Å². The zero-order valence-electron chi connectivity index (χ0n) is 11.9. The zero-order valence-corrected chi connectivity index (χ0v) is 12.7. The molecule has 0 bridgehead atoms. The summed E-state index contributed by atoms with van der Waals surface area (Å²) in [6, 6.07) is 5.98. The molecule has 1 heterocycles. The Bertz CT molecular complexity index is 448. The van der Waals surface area contributed by atoms with Crippen LogP contribution < -0.4 is 5.32 Å². The van der Waals surface area contributed by atoms with Crippen molar-refractivity contribution in [3.63, 3.8) is 0 Å². The highest BCUT2D eigenvalue weighted by Gasteiger charge is 2.26. The third kappa shape index (κ3) is 3.71. The molecule has 1 aliphatic rings. The van der Waals surface area contributed by atoms with Crippen LogP contribution in [0, 0.1) is 19.8 Å². The minimum Gasteiger partial charge on any atom is -0.338 e. The maximum absolute atomic E-state index is 12.4. The Morgan fingerprint density at radius 3 is 2.74 bits per heavy atom. The lowest BCUT2D eigenvalue weighted by atomic mass is 10.1. The number of halogens is 1. The van der Waals surface area contributed by atoms with E-state index in [0.29, 0.717) is 5.92 Å². The third-order valence-corrected chi connectivity index (χ3v) is 3.82. The van der Waals surface area contributed by atoms with Crippen LogP contribution in [0.15, 0.2) is 18.2 Å². The second kappa shape index (κ2) is 6.92. The lowest BCUT2D eigenvalue weighted by molar-refractivity contribution is 0.0787. The molecule has 2 rings (SSSR count). The first-order valence-corrected chi connectivity index (χ1v) is 6.63. The summed E-state index contributed by atoms with van der Waals surface area (Å²) in [6.45, 7) is 6.89. The number of carbonyl (C=O) groups is 1. The molecular formula is C15H23ClN2O. The third-order valence-electron chi connectivity index (χ3n) is 3.82. The zero-order chi connectivity index (χ0) is 13.1. The Morgan fingerprint density at radius 2 is 2.11 bits per heavy atom. The molecule has 19 heavy (non-hydrogen) atoms. The monoisotopic (exact) mass is 282 g/mol. The molecule has 1 saturated heterocycles. The highest BCUT2D eigenvalue weighted by molar-refractivity contribution is 5.94. The lowest BCUT2D eigenvalue weighted by Gasteiger charge is -2.17. The van der Waals surface area contributed by atoms with Crippen molar-refractivity contribution in [2.24, 2.45) is 5.92 Å². The fraction of sp³-hybridized carbons (Fsp3) is 0.533. The number of aryl methyl sites for hydroxylation is 2. The molecule has 1 aromatic rings. The topological polar surface area (TPSA) is 32.3 Å². The first kappa shape index (κ1) is 16.0. The van der Waals surface area contributed by atoms with E-state index in [4.69, 9.17) is 0 Å². The fourth-order valence-electron chi connectivity index (χ4n) is 2.53. The van der Waals surface area contributed by atoms with Gasteiger partial charge in [-0.3, -0.25) is 4.79 Å². The molecule has 1 fully saturated rings. The Balaban J connectivity index is 0.00000180. The number of hydrogen-bond acceptors (Lipinski definition) is 2. The molecular weight excluding hydrogens is 260 g/mol. The van der Waals surface area contributed by atoms with Gasteiger partial charge in [-0.25, -0.2) is 0 Å². The number of nitrogens with zero attached hydrogens (tertiary/aromatic N) is 1. The van der Waals surface area contributed by atoms with Gasteiger partial charge in [0, 0.05) is 18.7 Å². The summed E-state index contributed by atoms with van der Waals surface area (Å²) >= 11 is 0. The van der Waals surface area contributed by atoms with E-state index in [0.717, 1.165) is 31.6 Å². The summed E-state index contributed by atoms with van der Waals surface area (Å²) < 4.78 is 0. The van der Waals surface area contributed by atoms with Crippen molar-refractivity contribution in [2.45, 2.75) is 20.3 Å². The number of carbonyl (C=O) groups excluding carboxylic acids is 1. The largest absolute Gasteiger partial charge is 0.338 e.